The number of benzene rings is 1. The molecule has 3 heteroatoms. The van der Waals surface area contributed by atoms with E-state index in [2.05, 4.69) is 72.2 Å². The van der Waals surface area contributed by atoms with Crippen LogP contribution in [0.3, 0.4) is 0 Å². The number of hydrogen-bond acceptors (Lipinski definition) is 2. The number of hydrogen-bond donors (Lipinski definition) is 1. The molecule has 0 saturated heterocycles. The lowest BCUT2D eigenvalue weighted by Gasteiger charge is -2.29. The van der Waals surface area contributed by atoms with Gasteiger partial charge in [-0.2, -0.15) is 0 Å². The Morgan fingerprint density at radius 3 is 2.41 bits per heavy atom. The SMILES string of the molecule is CNCc1ccc(N(C)CC(C)(C)C)c(Br)c1. The Kier molecular flexibility index (Phi) is 5.02. The van der Waals surface area contributed by atoms with Gasteiger partial charge in [-0.05, 0) is 46.1 Å². The molecule has 96 valence electrons. The molecule has 0 aliphatic heterocycles. The zero-order valence-corrected chi connectivity index (χ0v) is 13.1. The van der Waals surface area contributed by atoms with Crippen molar-refractivity contribution in [2.75, 3.05) is 25.5 Å². The summed E-state index contributed by atoms with van der Waals surface area (Å²) in [5.41, 5.74) is 2.85. The van der Waals surface area contributed by atoms with E-state index in [0.29, 0.717) is 5.41 Å². The molecule has 0 amide bonds. The van der Waals surface area contributed by atoms with Crippen LogP contribution in [0.25, 0.3) is 0 Å². The van der Waals surface area contributed by atoms with E-state index >= 15 is 0 Å². The molecule has 1 aromatic rings. The Labute approximate surface area is 114 Å². The van der Waals surface area contributed by atoms with Gasteiger partial charge in [-0.15, -0.1) is 0 Å². The molecule has 2 nitrogen and oxygen atoms in total. The fourth-order valence-corrected chi connectivity index (χ4v) is 2.70. The van der Waals surface area contributed by atoms with Gasteiger partial charge >= 0.3 is 0 Å². The van der Waals surface area contributed by atoms with Crippen molar-refractivity contribution in [1.82, 2.24) is 5.32 Å². The van der Waals surface area contributed by atoms with Crippen molar-refractivity contribution in [1.29, 1.82) is 0 Å². The molecule has 1 aromatic carbocycles. The number of anilines is 1. The van der Waals surface area contributed by atoms with Crippen molar-refractivity contribution in [2.24, 2.45) is 5.41 Å². The molecule has 0 unspecified atom stereocenters. The summed E-state index contributed by atoms with van der Waals surface area (Å²) in [6.07, 6.45) is 0. The highest BCUT2D eigenvalue weighted by Crippen LogP contribution is 2.28. The normalized spacial score (nSPS) is 11.6. The summed E-state index contributed by atoms with van der Waals surface area (Å²) in [6.45, 7) is 8.71. The molecule has 0 saturated carbocycles. The van der Waals surface area contributed by atoms with Gasteiger partial charge in [0, 0.05) is 24.6 Å². The Morgan fingerprint density at radius 1 is 1.29 bits per heavy atom. The Morgan fingerprint density at radius 2 is 1.94 bits per heavy atom. The number of nitrogens with one attached hydrogen (secondary N) is 1. The minimum absolute atomic E-state index is 0.303. The van der Waals surface area contributed by atoms with Gasteiger partial charge in [-0.1, -0.05) is 26.8 Å². The fraction of sp³-hybridized carbons (Fsp3) is 0.571. The Hall–Kier alpha value is -0.540. The van der Waals surface area contributed by atoms with Crippen LogP contribution in [0, 0.1) is 5.41 Å². The maximum absolute atomic E-state index is 3.66. The third-order valence-electron chi connectivity index (χ3n) is 2.52. The molecular weight excluding hydrogens is 276 g/mol. The van der Waals surface area contributed by atoms with Crippen molar-refractivity contribution in [2.45, 2.75) is 27.3 Å². The molecule has 0 atom stereocenters. The Balaban J connectivity index is 2.84. The molecule has 0 spiro atoms. The largest absolute Gasteiger partial charge is 0.373 e. The van der Waals surface area contributed by atoms with Crippen LogP contribution in [0.4, 0.5) is 5.69 Å². The van der Waals surface area contributed by atoms with Gasteiger partial charge in [-0.3, -0.25) is 0 Å². The maximum atomic E-state index is 3.66. The molecular formula is C14H23BrN2. The quantitative estimate of drug-likeness (QED) is 0.913. The smallest absolute Gasteiger partial charge is 0.0508 e. The van der Waals surface area contributed by atoms with Crippen LogP contribution in [-0.4, -0.2) is 20.6 Å². The van der Waals surface area contributed by atoms with Gasteiger partial charge in [-0.25, -0.2) is 0 Å². The summed E-state index contributed by atoms with van der Waals surface area (Å²) < 4.78 is 1.16. The van der Waals surface area contributed by atoms with Crippen molar-refractivity contribution in [3.8, 4) is 0 Å². The summed E-state index contributed by atoms with van der Waals surface area (Å²) in [7, 11) is 4.11. The lowest BCUT2D eigenvalue weighted by molar-refractivity contribution is 0.419. The van der Waals surface area contributed by atoms with E-state index in [1.807, 2.05) is 7.05 Å². The lowest BCUT2D eigenvalue weighted by atomic mass is 9.96. The van der Waals surface area contributed by atoms with Crippen LogP contribution >= 0.6 is 15.9 Å². The van der Waals surface area contributed by atoms with Gasteiger partial charge < -0.3 is 10.2 Å². The topological polar surface area (TPSA) is 15.3 Å². The Bertz CT molecular complexity index is 369. The summed E-state index contributed by atoms with van der Waals surface area (Å²) in [4.78, 5) is 2.30. The van der Waals surface area contributed by atoms with E-state index in [-0.39, 0.29) is 0 Å². The molecule has 0 aliphatic carbocycles. The number of nitrogens with zero attached hydrogens (tertiary/aromatic N) is 1. The first kappa shape index (κ1) is 14.5. The van der Waals surface area contributed by atoms with Gasteiger partial charge in [0.2, 0.25) is 0 Å². The van der Waals surface area contributed by atoms with Crippen LogP contribution in [0.2, 0.25) is 0 Å². The van der Waals surface area contributed by atoms with Crippen LogP contribution < -0.4 is 10.2 Å². The third kappa shape index (κ3) is 4.68. The number of rotatable bonds is 4. The molecule has 0 heterocycles. The molecule has 0 aliphatic rings. The maximum Gasteiger partial charge on any atom is 0.0508 e. The molecule has 1 rings (SSSR count). The molecule has 0 bridgehead atoms. The third-order valence-corrected chi connectivity index (χ3v) is 3.15. The van der Waals surface area contributed by atoms with Crippen molar-refractivity contribution in [3.63, 3.8) is 0 Å². The average molecular weight is 299 g/mol. The predicted molar refractivity (Wildman–Crippen MR) is 79.6 cm³/mol. The highest BCUT2D eigenvalue weighted by molar-refractivity contribution is 9.10. The van der Waals surface area contributed by atoms with E-state index in [9.17, 15) is 0 Å². The second-order valence-electron chi connectivity index (χ2n) is 5.73. The molecule has 0 radical (unpaired) electrons. The van der Waals surface area contributed by atoms with Gasteiger partial charge in [0.15, 0.2) is 0 Å². The van der Waals surface area contributed by atoms with Gasteiger partial charge in [0.25, 0.3) is 0 Å². The summed E-state index contributed by atoms with van der Waals surface area (Å²) in [5.74, 6) is 0. The lowest BCUT2D eigenvalue weighted by Crippen LogP contribution is -2.29. The standard InChI is InChI=1S/C14H23BrN2/c1-14(2,3)10-17(5)13-7-6-11(9-16-4)8-12(13)15/h6-8,16H,9-10H2,1-5H3. The molecule has 0 aromatic heterocycles. The first-order chi connectivity index (χ1) is 7.83. The minimum atomic E-state index is 0.303. The zero-order chi connectivity index (χ0) is 13.1. The van der Waals surface area contributed by atoms with E-state index in [1.54, 1.807) is 0 Å². The van der Waals surface area contributed by atoms with Crippen LogP contribution in [0.15, 0.2) is 22.7 Å². The summed E-state index contributed by atoms with van der Waals surface area (Å²) in [5, 5.41) is 3.16. The van der Waals surface area contributed by atoms with Crippen molar-refractivity contribution >= 4 is 21.6 Å². The van der Waals surface area contributed by atoms with Crippen LogP contribution in [-0.2, 0) is 6.54 Å². The van der Waals surface area contributed by atoms with Crippen molar-refractivity contribution in [3.05, 3.63) is 28.2 Å². The second kappa shape index (κ2) is 5.87. The highest BCUT2D eigenvalue weighted by Gasteiger charge is 2.15. The van der Waals surface area contributed by atoms with E-state index in [0.717, 1.165) is 17.6 Å². The minimum Gasteiger partial charge on any atom is -0.373 e. The van der Waals surface area contributed by atoms with Crippen molar-refractivity contribution < 1.29 is 0 Å². The van der Waals surface area contributed by atoms with Gasteiger partial charge in [0.05, 0.1) is 5.69 Å². The monoisotopic (exact) mass is 298 g/mol. The second-order valence-corrected chi connectivity index (χ2v) is 6.59. The zero-order valence-electron chi connectivity index (χ0n) is 11.5. The molecule has 17 heavy (non-hydrogen) atoms. The van der Waals surface area contributed by atoms with E-state index in [1.165, 1.54) is 11.3 Å². The number of halogens is 1. The fourth-order valence-electron chi connectivity index (χ4n) is 1.97. The van der Waals surface area contributed by atoms with Crippen LogP contribution in [0.5, 0.6) is 0 Å². The molecule has 0 fully saturated rings. The first-order valence-electron chi connectivity index (χ1n) is 5.97. The average Bonchev–Trinajstić information content (AvgIpc) is 2.15. The highest BCUT2D eigenvalue weighted by atomic mass is 79.9. The van der Waals surface area contributed by atoms with E-state index < -0.39 is 0 Å². The predicted octanol–water partition coefficient (Wildman–Crippen LogP) is 3.65. The molecule has 1 N–H and O–H groups in total. The summed E-state index contributed by atoms with van der Waals surface area (Å²) in [6, 6.07) is 6.54. The summed E-state index contributed by atoms with van der Waals surface area (Å²) >= 11 is 3.66. The van der Waals surface area contributed by atoms with Crippen LogP contribution in [0.1, 0.15) is 26.3 Å². The van der Waals surface area contributed by atoms with E-state index in [4.69, 9.17) is 0 Å². The van der Waals surface area contributed by atoms with Gasteiger partial charge in [0.1, 0.15) is 0 Å². The first-order valence-corrected chi connectivity index (χ1v) is 6.77.